The van der Waals surface area contributed by atoms with Gasteiger partial charge in [0.2, 0.25) is 17.7 Å². The van der Waals surface area contributed by atoms with Crippen LogP contribution in [0.25, 0.3) is 0 Å². The largest absolute Gasteiger partial charge is 0.511 e. The van der Waals surface area contributed by atoms with Crippen LogP contribution in [0.1, 0.15) is 33.6 Å². The number of carbonyl (C=O) groups excluding carboxylic acids is 4. The summed E-state index contributed by atoms with van der Waals surface area (Å²) >= 11 is 0. The molecule has 2 atom stereocenters. The third-order valence-electron chi connectivity index (χ3n) is 4.41. The fourth-order valence-electron chi connectivity index (χ4n) is 2.81. The van der Waals surface area contributed by atoms with Gasteiger partial charge in [-0.05, 0) is 31.9 Å². The van der Waals surface area contributed by atoms with Crippen molar-refractivity contribution in [2.45, 2.75) is 45.7 Å². The molecule has 1 aliphatic rings. The fourth-order valence-corrected chi connectivity index (χ4v) is 2.81. The average Bonchev–Trinajstić information content (AvgIpc) is 3.05. The van der Waals surface area contributed by atoms with E-state index in [0.717, 1.165) is 6.42 Å². The molecule has 5 N–H and O–H groups in total. The number of nitrogens with one attached hydrogen (secondary N) is 4. The molecule has 0 aromatic carbocycles. The SMILES string of the molecule is C=C1C=CC(=O)N1C(CNC/C(O)=C\CC)C(=O)NCC(=O)NC(C)C(=O)NCCC. The molecule has 4 amide bonds. The number of carbonyl (C=O) groups is 4. The third kappa shape index (κ3) is 8.63. The van der Waals surface area contributed by atoms with Gasteiger partial charge in [-0.3, -0.25) is 24.1 Å². The molecule has 1 heterocycles. The number of hydrogen-bond acceptors (Lipinski definition) is 6. The number of amides is 4. The Morgan fingerprint density at radius 2 is 1.87 bits per heavy atom. The number of aliphatic hydroxyl groups is 1. The lowest BCUT2D eigenvalue weighted by molar-refractivity contribution is -0.135. The number of allylic oxidation sites excluding steroid dienone is 2. The number of aliphatic hydroxyl groups excluding tert-OH is 1. The van der Waals surface area contributed by atoms with Gasteiger partial charge in [-0.2, -0.15) is 0 Å². The van der Waals surface area contributed by atoms with Gasteiger partial charge in [0, 0.05) is 24.9 Å². The van der Waals surface area contributed by atoms with E-state index in [1.54, 1.807) is 13.0 Å². The Bertz CT molecular complexity index is 728. The van der Waals surface area contributed by atoms with E-state index in [4.69, 9.17) is 0 Å². The first-order chi connectivity index (χ1) is 14.7. The predicted molar refractivity (Wildman–Crippen MR) is 117 cm³/mol. The van der Waals surface area contributed by atoms with Crippen molar-refractivity contribution >= 4 is 23.6 Å². The molecule has 31 heavy (non-hydrogen) atoms. The Morgan fingerprint density at radius 1 is 1.16 bits per heavy atom. The van der Waals surface area contributed by atoms with Crippen molar-refractivity contribution < 1.29 is 24.3 Å². The van der Waals surface area contributed by atoms with Crippen LogP contribution in [0.3, 0.4) is 0 Å². The third-order valence-corrected chi connectivity index (χ3v) is 4.41. The summed E-state index contributed by atoms with van der Waals surface area (Å²) in [7, 11) is 0. The van der Waals surface area contributed by atoms with Crippen molar-refractivity contribution in [1.82, 2.24) is 26.2 Å². The summed E-state index contributed by atoms with van der Waals surface area (Å²) in [5, 5.41) is 20.3. The molecule has 0 saturated heterocycles. The van der Waals surface area contributed by atoms with Crippen LogP contribution in [0.4, 0.5) is 0 Å². The summed E-state index contributed by atoms with van der Waals surface area (Å²) in [6.07, 6.45) is 5.87. The summed E-state index contributed by atoms with van der Waals surface area (Å²) < 4.78 is 0. The van der Waals surface area contributed by atoms with E-state index >= 15 is 0 Å². The first kappa shape index (κ1) is 25.9. The smallest absolute Gasteiger partial charge is 0.251 e. The Morgan fingerprint density at radius 3 is 2.45 bits per heavy atom. The molecule has 172 valence electrons. The molecule has 2 unspecified atom stereocenters. The Labute approximate surface area is 182 Å². The maximum Gasteiger partial charge on any atom is 0.251 e. The maximum atomic E-state index is 12.7. The van der Waals surface area contributed by atoms with Crippen LogP contribution in [0.2, 0.25) is 0 Å². The monoisotopic (exact) mass is 435 g/mol. The molecule has 0 aliphatic carbocycles. The topological polar surface area (TPSA) is 140 Å². The highest BCUT2D eigenvalue weighted by atomic mass is 16.3. The molecule has 1 aliphatic heterocycles. The van der Waals surface area contributed by atoms with Gasteiger partial charge in [-0.15, -0.1) is 0 Å². The van der Waals surface area contributed by atoms with E-state index in [1.807, 2.05) is 13.8 Å². The maximum absolute atomic E-state index is 12.7. The Balaban J connectivity index is 2.67. The van der Waals surface area contributed by atoms with Gasteiger partial charge in [-0.25, -0.2) is 0 Å². The molecule has 10 nitrogen and oxygen atoms in total. The zero-order valence-electron chi connectivity index (χ0n) is 18.4. The Hall–Kier alpha value is -3.14. The standard InChI is InChI=1S/C21H33N5O5/c1-5-7-16(27)11-22-12-17(26-14(3)8-9-19(26)29)21(31)24-13-18(28)25-15(4)20(30)23-10-6-2/h7-9,15,17,22,27H,3,5-6,10-13H2,1-2,4H3,(H,23,30)(H,24,31)(H,25,28)/b16-7+. The van der Waals surface area contributed by atoms with Crippen molar-refractivity contribution in [3.63, 3.8) is 0 Å². The van der Waals surface area contributed by atoms with Crippen LogP contribution < -0.4 is 21.3 Å². The number of rotatable bonds is 13. The number of hydrogen-bond donors (Lipinski definition) is 5. The van der Waals surface area contributed by atoms with Crippen LogP contribution in [0.15, 0.2) is 36.3 Å². The van der Waals surface area contributed by atoms with Gasteiger partial charge < -0.3 is 26.4 Å². The van der Waals surface area contributed by atoms with Crippen LogP contribution in [-0.4, -0.2) is 71.9 Å². The average molecular weight is 436 g/mol. The molecule has 10 heteroatoms. The van der Waals surface area contributed by atoms with Gasteiger partial charge in [0.1, 0.15) is 17.8 Å². The second-order valence-electron chi connectivity index (χ2n) is 7.08. The first-order valence-electron chi connectivity index (χ1n) is 10.3. The van der Waals surface area contributed by atoms with Crippen LogP contribution in [-0.2, 0) is 19.2 Å². The second-order valence-corrected chi connectivity index (χ2v) is 7.08. The van der Waals surface area contributed by atoms with Gasteiger partial charge >= 0.3 is 0 Å². The molecule has 0 bridgehead atoms. The highest BCUT2D eigenvalue weighted by Gasteiger charge is 2.32. The van der Waals surface area contributed by atoms with Crippen LogP contribution in [0.5, 0.6) is 0 Å². The Kier molecular flexibility index (Phi) is 11.0. The molecular weight excluding hydrogens is 402 g/mol. The van der Waals surface area contributed by atoms with E-state index in [1.165, 1.54) is 17.1 Å². The minimum atomic E-state index is -0.970. The fraction of sp³-hybridized carbons (Fsp3) is 0.524. The lowest BCUT2D eigenvalue weighted by Gasteiger charge is -2.28. The highest BCUT2D eigenvalue weighted by Crippen LogP contribution is 2.17. The number of nitrogens with zero attached hydrogens (tertiary/aromatic N) is 1. The highest BCUT2D eigenvalue weighted by molar-refractivity contribution is 5.98. The second kappa shape index (κ2) is 13.2. The molecule has 1 rings (SSSR count). The van der Waals surface area contributed by atoms with Crippen molar-refractivity contribution in [3.8, 4) is 0 Å². The molecule has 0 aromatic rings. The molecule has 0 aromatic heterocycles. The van der Waals surface area contributed by atoms with Crippen molar-refractivity contribution in [2.75, 3.05) is 26.2 Å². The van der Waals surface area contributed by atoms with Gasteiger partial charge in [-0.1, -0.05) is 20.4 Å². The quantitative estimate of drug-likeness (QED) is 0.255. The molecule has 0 radical (unpaired) electrons. The normalized spacial score (nSPS) is 15.6. The van der Waals surface area contributed by atoms with E-state index in [0.29, 0.717) is 18.7 Å². The van der Waals surface area contributed by atoms with E-state index in [-0.39, 0.29) is 31.3 Å². The summed E-state index contributed by atoms with van der Waals surface area (Å²) in [5.74, 6) is -1.68. The van der Waals surface area contributed by atoms with Gasteiger partial charge in [0.15, 0.2) is 0 Å². The van der Waals surface area contributed by atoms with Crippen LogP contribution in [0, 0.1) is 0 Å². The molecule has 0 fully saturated rings. The summed E-state index contributed by atoms with van der Waals surface area (Å²) in [5.41, 5.74) is 0.353. The molecule has 0 spiro atoms. The molecular formula is C21H33N5O5. The van der Waals surface area contributed by atoms with Gasteiger partial charge in [0.05, 0.1) is 13.1 Å². The summed E-state index contributed by atoms with van der Waals surface area (Å²) in [6.45, 7) is 9.43. The zero-order chi connectivity index (χ0) is 23.4. The van der Waals surface area contributed by atoms with Crippen molar-refractivity contribution in [2.24, 2.45) is 0 Å². The molecule has 0 saturated carbocycles. The first-order valence-corrected chi connectivity index (χ1v) is 10.3. The van der Waals surface area contributed by atoms with Crippen LogP contribution >= 0.6 is 0 Å². The zero-order valence-corrected chi connectivity index (χ0v) is 18.4. The van der Waals surface area contributed by atoms with Crippen molar-refractivity contribution in [3.05, 3.63) is 36.3 Å². The minimum Gasteiger partial charge on any atom is -0.511 e. The summed E-state index contributed by atoms with van der Waals surface area (Å²) in [4.78, 5) is 50.1. The van der Waals surface area contributed by atoms with E-state index in [2.05, 4.69) is 27.8 Å². The summed E-state index contributed by atoms with van der Waals surface area (Å²) in [6, 6.07) is -1.71. The minimum absolute atomic E-state index is 0.0390. The lowest BCUT2D eigenvalue weighted by atomic mass is 10.2. The lowest BCUT2D eigenvalue weighted by Crippen LogP contribution is -2.54. The van der Waals surface area contributed by atoms with E-state index < -0.39 is 29.8 Å². The van der Waals surface area contributed by atoms with Crippen molar-refractivity contribution in [1.29, 1.82) is 0 Å². The van der Waals surface area contributed by atoms with E-state index in [9.17, 15) is 24.3 Å². The predicted octanol–water partition coefficient (Wildman–Crippen LogP) is -0.144. The van der Waals surface area contributed by atoms with Gasteiger partial charge in [0.25, 0.3) is 5.91 Å².